The van der Waals surface area contributed by atoms with Crippen molar-refractivity contribution in [3.05, 3.63) is 23.0 Å². The third-order valence-corrected chi connectivity index (χ3v) is 2.51. The van der Waals surface area contributed by atoms with E-state index in [1.807, 2.05) is 0 Å². The number of anilines is 1. The van der Waals surface area contributed by atoms with Crippen molar-refractivity contribution < 1.29 is 13.9 Å². The molecule has 1 atom stereocenters. The molecule has 1 aromatic carbocycles. The first-order chi connectivity index (χ1) is 7.08. The summed E-state index contributed by atoms with van der Waals surface area (Å²) in [5.74, 6) is -0.623. The van der Waals surface area contributed by atoms with Crippen LogP contribution in [0.5, 0.6) is 5.75 Å². The summed E-state index contributed by atoms with van der Waals surface area (Å²) < 4.78 is 18.5. The molecule has 1 amide bonds. The maximum Gasteiger partial charge on any atom is 0.230 e. The largest absolute Gasteiger partial charge is 0.491 e. The van der Waals surface area contributed by atoms with Crippen molar-refractivity contribution in [2.45, 2.75) is 6.92 Å². The van der Waals surface area contributed by atoms with Crippen LogP contribution in [-0.4, -0.2) is 12.5 Å². The Bertz CT molecular complexity index is 422. The second kappa shape index (κ2) is 3.70. The van der Waals surface area contributed by atoms with Gasteiger partial charge in [-0.15, -0.1) is 0 Å². The van der Waals surface area contributed by atoms with E-state index in [2.05, 4.69) is 5.32 Å². The van der Waals surface area contributed by atoms with Crippen molar-refractivity contribution >= 4 is 23.2 Å². The van der Waals surface area contributed by atoms with E-state index in [4.69, 9.17) is 16.3 Å². The fraction of sp³-hybridized carbons (Fsp3) is 0.300. The van der Waals surface area contributed by atoms with Crippen LogP contribution in [0.4, 0.5) is 10.1 Å². The van der Waals surface area contributed by atoms with Crippen molar-refractivity contribution in [3.63, 3.8) is 0 Å². The number of benzene rings is 1. The lowest BCUT2D eigenvalue weighted by Crippen LogP contribution is -2.22. The third-order valence-electron chi connectivity index (χ3n) is 2.22. The van der Waals surface area contributed by atoms with Crippen molar-refractivity contribution in [2.24, 2.45) is 5.92 Å². The SMILES string of the molecule is CC1COc2cc(Cl)c(F)cc2NC1=O. The van der Waals surface area contributed by atoms with Gasteiger partial charge < -0.3 is 10.1 Å². The number of hydrogen-bond acceptors (Lipinski definition) is 2. The molecule has 3 nitrogen and oxygen atoms in total. The molecule has 5 heteroatoms. The van der Waals surface area contributed by atoms with E-state index in [0.29, 0.717) is 11.4 Å². The number of rotatable bonds is 0. The molecule has 1 unspecified atom stereocenters. The van der Waals surface area contributed by atoms with Crippen molar-refractivity contribution in [1.29, 1.82) is 0 Å². The van der Waals surface area contributed by atoms with Crippen molar-refractivity contribution in [2.75, 3.05) is 11.9 Å². The summed E-state index contributed by atoms with van der Waals surface area (Å²) in [4.78, 5) is 11.4. The lowest BCUT2D eigenvalue weighted by atomic mass is 10.2. The highest BCUT2D eigenvalue weighted by Crippen LogP contribution is 2.32. The Morgan fingerprint density at radius 3 is 3.07 bits per heavy atom. The zero-order chi connectivity index (χ0) is 11.0. The molecule has 1 aliphatic heterocycles. The average Bonchev–Trinajstić information content (AvgIpc) is 2.31. The Hall–Kier alpha value is -1.29. The highest BCUT2D eigenvalue weighted by atomic mass is 35.5. The first-order valence-corrected chi connectivity index (χ1v) is 4.88. The van der Waals surface area contributed by atoms with E-state index in [1.54, 1.807) is 6.92 Å². The molecule has 0 saturated carbocycles. The minimum Gasteiger partial charge on any atom is -0.491 e. The monoisotopic (exact) mass is 229 g/mol. The normalized spacial score (nSPS) is 19.9. The summed E-state index contributed by atoms with van der Waals surface area (Å²) in [6.45, 7) is 2.00. The molecule has 1 aromatic rings. The fourth-order valence-electron chi connectivity index (χ4n) is 1.29. The third kappa shape index (κ3) is 1.90. The Morgan fingerprint density at radius 1 is 1.60 bits per heavy atom. The van der Waals surface area contributed by atoms with Gasteiger partial charge >= 0.3 is 0 Å². The highest BCUT2D eigenvalue weighted by Gasteiger charge is 2.21. The van der Waals surface area contributed by atoms with E-state index in [-0.39, 0.29) is 23.5 Å². The summed E-state index contributed by atoms with van der Waals surface area (Å²) in [7, 11) is 0. The average molecular weight is 230 g/mol. The molecule has 15 heavy (non-hydrogen) atoms. The fourth-order valence-corrected chi connectivity index (χ4v) is 1.45. The van der Waals surface area contributed by atoms with Crippen LogP contribution in [0.15, 0.2) is 12.1 Å². The molecule has 0 saturated heterocycles. The van der Waals surface area contributed by atoms with E-state index in [9.17, 15) is 9.18 Å². The zero-order valence-electron chi connectivity index (χ0n) is 8.01. The van der Waals surface area contributed by atoms with Crippen LogP contribution in [0.3, 0.4) is 0 Å². The molecule has 1 heterocycles. The lowest BCUT2D eigenvalue weighted by Gasteiger charge is -2.07. The summed E-state index contributed by atoms with van der Waals surface area (Å²) in [5.41, 5.74) is 0.325. The molecule has 1 aliphatic rings. The molecule has 0 aliphatic carbocycles. The van der Waals surface area contributed by atoms with Crippen LogP contribution < -0.4 is 10.1 Å². The summed E-state index contributed by atoms with van der Waals surface area (Å²) >= 11 is 5.60. The van der Waals surface area contributed by atoms with E-state index in [0.717, 1.165) is 6.07 Å². The maximum absolute atomic E-state index is 13.1. The van der Waals surface area contributed by atoms with Crippen molar-refractivity contribution in [1.82, 2.24) is 0 Å². The number of amides is 1. The lowest BCUT2D eigenvalue weighted by molar-refractivity contribution is -0.119. The molecule has 2 rings (SSSR count). The van der Waals surface area contributed by atoms with Crippen LogP contribution >= 0.6 is 11.6 Å². The molecular formula is C10H9ClFNO2. The molecule has 0 bridgehead atoms. The van der Waals surface area contributed by atoms with Crippen LogP contribution in [0.25, 0.3) is 0 Å². The van der Waals surface area contributed by atoms with Crippen LogP contribution in [0, 0.1) is 11.7 Å². The second-order valence-electron chi connectivity index (χ2n) is 3.46. The van der Waals surface area contributed by atoms with Gasteiger partial charge in [0.05, 0.1) is 23.2 Å². The summed E-state index contributed by atoms with van der Waals surface area (Å²) in [6.07, 6.45) is 0. The van der Waals surface area contributed by atoms with Crippen LogP contribution in [-0.2, 0) is 4.79 Å². The molecule has 0 aromatic heterocycles. The van der Waals surface area contributed by atoms with Gasteiger partial charge in [0.25, 0.3) is 0 Å². The quantitative estimate of drug-likeness (QED) is 0.742. The Morgan fingerprint density at radius 2 is 2.33 bits per heavy atom. The van der Waals surface area contributed by atoms with Gasteiger partial charge in [0.2, 0.25) is 5.91 Å². The number of nitrogens with one attached hydrogen (secondary N) is 1. The number of carbonyl (C=O) groups is 1. The van der Waals surface area contributed by atoms with Crippen molar-refractivity contribution in [3.8, 4) is 5.75 Å². The molecule has 80 valence electrons. The smallest absolute Gasteiger partial charge is 0.230 e. The molecule has 1 N–H and O–H groups in total. The second-order valence-corrected chi connectivity index (χ2v) is 3.87. The number of carbonyl (C=O) groups excluding carboxylic acids is 1. The molecule has 0 radical (unpaired) electrons. The highest BCUT2D eigenvalue weighted by molar-refractivity contribution is 6.31. The Balaban J connectivity index is 2.43. The van der Waals surface area contributed by atoms with Gasteiger partial charge in [-0.05, 0) is 0 Å². The van der Waals surface area contributed by atoms with Crippen LogP contribution in [0.1, 0.15) is 6.92 Å². The van der Waals surface area contributed by atoms with Gasteiger partial charge in [0.1, 0.15) is 11.6 Å². The first kappa shape index (κ1) is 10.2. The van der Waals surface area contributed by atoms with Gasteiger partial charge in [-0.2, -0.15) is 0 Å². The first-order valence-electron chi connectivity index (χ1n) is 4.50. The number of fused-ring (bicyclic) bond motifs is 1. The van der Waals surface area contributed by atoms with Gasteiger partial charge in [-0.3, -0.25) is 4.79 Å². The minimum atomic E-state index is -0.575. The van der Waals surface area contributed by atoms with Crippen LogP contribution in [0.2, 0.25) is 5.02 Å². The zero-order valence-corrected chi connectivity index (χ0v) is 8.77. The van der Waals surface area contributed by atoms with Gasteiger partial charge in [-0.1, -0.05) is 18.5 Å². The predicted molar refractivity (Wildman–Crippen MR) is 54.7 cm³/mol. The van der Waals surface area contributed by atoms with E-state index in [1.165, 1.54) is 6.07 Å². The molecule has 0 fully saturated rings. The number of ether oxygens (including phenoxy) is 1. The summed E-state index contributed by atoms with van der Waals surface area (Å²) in [6, 6.07) is 2.53. The number of halogens is 2. The van der Waals surface area contributed by atoms with E-state index < -0.39 is 5.82 Å². The molecule has 0 spiro atoms. The Kier molecular flexibility index (Phi) is 2.52. The predicted octanol–water partition coefficient (Wildman–Crippen LogP) is 2.45. The number of hydrogen-bond donors (Lipinski definition) is 1. The van der Waals surface area contributed by atoms with E-state index >= 15 is 0 Å². The minimum absolute atomic E-state index is 0.0162. The maximum atomic E-state index is 13.1. The summed E-state index contributed by atoms with van der Waals surface area (Å²) in [5, 5.41) is 2.56. The molecular weight excluding hydrogens is 221 g/mol. The Labute approximate surface area is 91.2 Å². The topological polar surface area (TPSA) is 38.3 Å². The van der Waals surface area contributed by atoms with Gasteiger partial charge in [0, 0.05) is 12.1 Å². The van der Waals surface area contributed by atoms with Gasteiger partial charge in [-0.25, -0.2) is 4.39 Å². The van der Waals surface area contributed by atoms with Gasteiger partial charge in [0.15, 0.2) is 0 Å². The standard InChI is InChI=1S/C10H9ClFNO2/c1-5-4-15-9-2-6(11)7(12)3-8(9)13-10(5)14/h2-3,5H,4H2,1H3,(H,13,14).